The van der Waals surface area contributed by atoms with Gasteiger partial charge in [0.15, 0.2) is 11.1 Å². The van der Waals surface area contributed by atoms with Crippen LogP contribution < -0.4 is 5.43 Å². The summed E-state index contributed by atoms with van der Waals surface area (Å²) in [6.07, 6.45) is -3.35. The van der Waals surface area contributed by atoms with E-state index in [0.29, 0.717) is 5.56 Å². The number of aromatic carboxylic acids is 1. The first-order chi connectivity index (χ1) is 15.6. The highest BCUT2D eigenvalue weighted by Crippen LogP contribution is 2.37. The molecule has 0 fully saturated rings. The van der Waals surface area contributed by atoms with E-state index in [1.807, 2.05) is 0 Å². The van der Waals surface area contributed by atoms with Crippen LogP contribution in [-0.4, -0.2) is 25.4 Å². The molecule has 11 heteroatoms. The molecule has 2 heterocycles. The normalized spacial score (nSPS) is 12.3. The van der Waals surface area contributed by atoms with Crippen molar-refractivity contribution in [2.45, 2.75) is 52.4 Å². The third kappa shape index (κ3) is 5.00. The minimum absolute atomic E-state index is 0.0114. The monoisotopic (exact) mass is 515 g/mol. The number of nitrogens with zero attached hydrogens (tertiary/aromatic N) is 3. The lowest BCUT2D eigenvalue weighted by Crippen LogP contribution is -2.24. The number of benzene rings is 1. The van der Waals surface area contributed by atoms with E-state index in [9.17, 15) is 27.9 Å². The topological polar surface area (TPSA) is 77.1 Å². The first kappa shape index (κ1) is 25.8. The van der Waals surface area contributed by atoms with Crippen molar-refractivity contribution in [1.82, 2.24) is 14.3 Å². The van der Waals surface area contributed by atoms with E-state index in [4.69, 9.17) is 23.2 Å². The molecule has 0 unspecified atom stereocenters. The van der Waals surface area contributed by atoms with E-state index in [1.54, 1.807) is 32.3 Å². The van der Waals surface area contributed by atoms with E-state index < -0.39 is 34.2 Å². The van der Waals surface area contributed by atoms with Crippen LogP contribution in [-0.2, 0) is 24.7 Å². The summed E-state index contributed by atoms with van der Waals surface area (Å²) >= 11 is 12.1. The van der Waals surface area contributed by atoms with Crippen LogP contribution in [0.3, 0.4) is 0 Å². The largest absolute Gasteiger partial charge is 0.477 e. The summed E-state index contributed by atoms with van der Waals surface area (Å²) < 4.78 is 43.5. The Morgan fingerprint density at radius 2 is 1.76 bits per heavy atom. The standard InChI is InChI=1S/C23H22Cl2F3N3O3/c1-5-31-13(10-30-11-14(22(2,3)4)20(29-30)23(26,27)28)9-17(32)18(21(33)34)19(31)12-6-7-15(24)16(25)8-12/h6-9,11H,5,10H2,1-4H3,(H,33,34). The van der Waals surface area contributed by atoms with Crippen molar-refractivity contribution < 1.29 is 23.1 Å². The predicted octanol–water partition coefficient (Wildman–Crippen LogP) is 6.10. The fourth-order valence-electron chi connectivity index (χ4n) is 3.77. The van der Waals surface area contributed by atoms with E-state index in [1.165, 1.54) is 24.4 Å². The average molecular weight is 516 g/mol. The molecule has 0 atom stereocenters. The molecule has 2 aromatic heterocycles. The molecule has 34 heavy (non-hydrogen) atoms. The maximum Gasteiger partial charge on any atom is 0.435 e. The van der Waals surface area contributed by atoms with Crippen LogP contribution in [0.15, 0.2) is 35.3 Å². The first-order valence-corrected chi connectivity index (χ1v) is 11.0. The van der Waals surface area contributed by atoms with Crippen LogP contribution in [0.5, 0.6) is 0 Å². The molecular weight excluding hydrogens is 494 g/mol. The zero-order valence-corrected chi connectivity index (χ0v) is 20.3. The van der Waals surface area contributed by atoms with Crippen LogP contribution >= 0.6 is 23.2 Å². The molecule has 0 saturated carbocycles. The fourth-order valence-corrected chi connectivity index (χ4v) is 4.06. The Morgan fingerprint density at radius 1 is 1.12 bits per heavy atom. The summed E-state index contributed by atoms with van der Waals surface area (Å²) in [6.45, 7) is 6.72. The lowest BCUT2D eigenvalue weighted by molar-refractivity contribution is -0.142. The molecule has 1 N–H and O–H groups in total. The first-order valence-electron chi connectivity index (χ1n) is 10.3. The Labute approximate surface area is 203 Å². The van der Waals surface area contributed by atoms with Gasteiger partial charge in [-0.1, -0.05) is 50.0 Å². The maximum atomic E-state index is 13.6. The maximum absolute atomic E-state index is 13.6. The molecule has 182 valence electrons. The van der Waals surface area contributed by atoms with Crippen LogP contribution in [0.25, 0.3) is 11.3 Å². The lowest BCUT2D eigenvalue weighted by atomic mass is 9.87. The molecule has 0 spiro atoms. The number of carboxylic acids is 1. The highest BCUT2D eigenvalue weighted by molar-refractivity contribution is 6.42. The Morgan fingerprint density at radius 3 is 2.24 bits per heavy atom. The molecular formula is C23H22Cl2F3N3O3. The number of hydrogen-bond acceptors (Lipinski definition) is 3. The van der Waals surface area contributed by atoms with Gasteiger partial charge in [0.05, 0.1) is 22.3 Å². The summed E-state index contributed by atoms with van der Waals surface area (Å²) in [7, 11) is 0. The summed E-state index contributed by atoms with van der Waals surface area (Å²) in [5.41, 5.74) is -2.38. The fraction of sp³-hybridized carbons (Fsp3) is 0.348. The number of halogens is 5. The number of carbonyl (C=O) groups is 1. The van der Waals surface area contributed by atoms with Gasteiger partial charge in [-0.15, -0.1) is 0 Å². The van der Waals surface area contributed by atoms with Gasteiger partial charge >= 0.3 is 12.1 Å². The zero-order valence-electron chi connectivity index (χ0n) is 18.8. The molecule has 3 aromatic rings. The van der Waals surface area contributed by atoms with E-state index in [2.05, 4.69) is 5.10 Å². The Balaban J connectivity index is 2.26. The van der Waals surface area contributed by atoms with E-state index >= 15 is 0 Å². The molecule has 3 rings (SSSR count). The summed E-state index contributed by atoms with van der Waals surface area (Å²) in [6, 6.07) is 5.55. The van der Waals surface area contributed by atoms with Gasteiger partial charge < -0.3 is 9.67 Å². The second-order valence-electron chi connectivity index (χ2n) is 8.74. The van der Waals surface area contributed by atoms with Crippen LogP contribution in [0.1, 0.15) is 55.0 Å². The van der Waals surface area contributed by atoms with Crippen molar-refractivity contribution in [3.05, 3.63) is 73.2 Å². The predicted molar refractivity (Wildman–Crippen MR) is 124 cm³/mol. The second kappa shape index (κ2) is 9.11. The molecule has 0 saturated heterocycles. The quantitative estimate of drug-likeness (QED) is 0.445. The van der Waals surface area contributed by atoms with Crippen LogP contribution in [0.4, 0.5) is 13.2 Å². The minimum atomic E-state index is -4.66. The zero-order chi connectivity index (χ0) is 25.6. The summed E-state index contributed by atoms with van der Waals surface area (Å²) in [5, 5.41) is 13.9. The van der Waals surface area contributed by atoms with Gasteiger partial charge in [-0.3, -0.25) is 9.48 Å². The average Bonchev–Trinajstić information content (AvgIpc) is 3.14. The van der Waals surface area contributed by atoms with Gasteiger partial charge in [0.1, 0.15) is 5.56 Å². The molecule has 1 aromatic carbocycles. The highest BCUT2D eigenvalue weighted by atomic mass is 35.5. The molecule has 0 aliphatic carbocycles. The van der Waals surface area contributed by atoms with Gasteiger partial charge in [0.2, 0.25) is 0 Å². The third-order valence-electron chi connectivity index (χ3n) is 5.28. The molecule has 0 bridgehead atoms. The van der Waals surface area contributed by atoms with Gasteiger partial charge in [-0.25, -0.2) is 4.79 Å². The molecule has 0 aliphatic rings. The number of alkyl halides is 3. The smallest absolute Gasteiger partial charge is 0.435 e. The number of rotatable bonds is 5. The minimum Gasteiger partial charge on any atom is -0.477 e. The van der Waals surface area contributed by atoms with Crippen molar-refractivity contribution in [3.63, 3.8) is 0 Å². The highest BCUT2D eigenvalue weighted by Gasteiger charge is 2.40. The third-order valence-corrected chi connectivity index (χ3v) is 6.02. The lowest BCUT2D eigenvalue weighted by Gasteiger charge is -2.20. The Kier molecular flexibility index (Phi) is 6.92. The van der Waals surface area contributed by atoms with Gasteiger partial charge in [0.25, 0.3) is 0 Å². The van der Waals surface area contributed by atoms with Gasteiger partial charge in [0, 0.05) is 35.6 Å². The van der Waals surface area contributed by atoms with Crippen LogP contribution in [0, 0.1) is 0 Å². The molecule has 0 amide bonds. The number of aromatic nitrogens is 3. The Hall–Kier alpha value is -2.78. The molecule has 0 radical (unpaired) electrons. The molecule has 0 aliphatic heterocycles. The van der Waals surface area contributed by atoms with Crippen molar-refractivity contribution >= 4 is 29.2 Å². The number of carboxylic acid groups (broad SMARTS) is 1. The van der Waals surface area contributed by atoms with Crippen molar-refractivity contribution in [3.8, 4) is 11.3 Å². The SMILES string of the molecule is CCn1c(Cn2cc(C(C)(C)C)c(C(F)(F)F)n2)cc(=O)c(C(=O)O)c1-c1ccc(Cl)c(Cl)c1. The van der Waals surface area contributed by atoms with Crippen LogP contribution in [0.2, 0.25) is 10.0 Å². The summed E-state index contributed by atoms with van der Waals surface area (Å²) in [5.74, 6) is -1.44. The number of pyridine rings is 1. The van der Waals surface area contributed by atoms with Crippen molar-refractivity contribution in [2.75, 3.05) is 0 Å². The van der Waals surface area contributed by atoms with E-state index in [-0.39, 0.29) is 40.1 Å². The molecule has 6 nitrogen and oxygen atoms in total. The summed E-state index contributed by atoms with van der Waals surface area (Å²) in [4.78, 5) is 24.8. The Bertz CT molecular complexity index is 1290. The second-order valence-corrected chi connectivity index (χ2v) is 9.55. The van der Waals surface area contributed by atoms with Crippen molar-refractivity contribution in [2.24, 2.45) is 0 Å². The van der Waals surface area contributed by atoms with Gasteiger partial charge in [-0.05, 0) is 24.5 Å². The van der Waals surface area contributed by atoms with Gasteiger partial charge in [-0.2, -0.15) is 18.3 Å². The van der Waals surface area contributed by atoms with Crippen molar-refractivity contribution in [1.29, 1.82) is 0 Å². The van der Waals surface area contributed by atoms with E-state index in [0.717, 1.165) is 10.7 Å². The number of hydrogen-bond donors (Lipinski definition) is 1.